The van der Waals surface area contributed by atoms with E-state index in [2.05, 4.69) is 170 Å². The maximum Gasteiger partial charge on any atom is 0.179 e. The van der Waals surface area contributed by atoms with E-state index in [1.807, 2.05) is 42.5 Å². The molecule has 0 aliphatic heterocycles. The fourth-order valence-corrected chi connectivity index (χ4v) is 12.9. The highest BCUT2D eigenvalue weighted by Gasteiger charge is 2.41. The molecule has 2 heterocycles. The maximum atomic E-state index is 6.31. The molecule has 0 spiro atoms. The molecule has 10 aromatic rings. The van der Waals surface area contributed by atoms with Gasteiger partial charge in [0.15, 0.2) is 25.5 Å². The molecule has 0 amide bonds. The zero-order chi connectivity index (χ0) is 37.3. The molecule has 0 unspecified atom stereocenters. The Morgan fingerprint density at radius 1 is 0.304 bits per heavy atom. The first kappa shape index (κ1) is 33.4. The maximum absolute atomic E-state index is 6.31. The predicted molar refractivity (Wildman–Crippen MR) is 232 cm³/mol. The van der Waals surface area contributed by atoms with E-state index in [0.717, 1.165) is 49.8 Å². The second-order valence-corrected chi connectivity index (χ2v) is 17.7. The van der Waals surface area contributed by atoms with Gasteiger partial charge in [0.1, 0.15) is 11.2 Å². The van der Waals surface area contributed by atoms with Gasteiger partial charge in [-0.05, 0) is 44.0 Å². The van der Waals surface area contributed by atoms with E-state index in [1.165, 1.54) is 20.7 Å². The molecular formula is C51H35N3OSi. The van der Waals surface area contributed by atoms with Crippen LogP contribution in [0.4, 0.5) is 0 Å². The second-order valence-electron chi connectivity index (χ2n) is 13.9. The van der Waals surface area contributed by atoms with Crippen LogP contribution in [0.25, 0.3) is 67.2 Å². The smallest absolute Gasteiger partial charge is 0.179 e. The van der Waals surface area contributed by atoms with E-state index in [4.69, 9.17) is 19.4 Å². The van der Waals surface area contributed by atoms with Crippen molar-refractivity contribution in [2.24, 2.45) is 0 Å². The largest absolute Gasteiger partial charge is 0.456 e. The molecule has 0 aliphatic rings. The molecular weight excluding hydrogens is 699 g/mol. The minimum Gasteiger partial charge on any atom is -0.456 e. The Bertz CT molecular complexity index is 2850. The molecule has 56 heavy (non-hydrogen) atoms. The minimum absolute atomic E-state index is 0.593. The predicted octanol–water partition coefficient (Wildman–Crippen LogP) is 9.82. The van der Waals surface area contributed by atoms with Gasteiger partial charge in [-0.3, -0.25) is 0 Å². The number of furan rings is 1. The number of aromatic nitrogens is 3. The molecule has 264 valence electrons. The van der Waals surface area contributed by atoms with E-state index < -0.39 is 8.07 Å². The lowest BCUT2D eigenvalue weighted by atomic mass is 9.99. The standard InChI is InChI=1S/C51H35N3OSi/c1-5-18-36(19-6-1)42-26-13-14-27-43(42)50-52-49(53-51(54-50)45-29-17-31-47-48(45)44-28-15-16-30-46(44)55-47)37-32-34-41(35-33-37)56(38-20-7-2-8-21-38,39-22-9-3-10-23-39)40-24-11-4-12-25-40/h1-35H. The number of rotatable bonds is 8. The van der Waals surface area contributed by atoms with Crippen LogP contribution in [0.15, 0.2) is 217 Å². The van der Waals surface area contributed by atoms with Gasteiger partial charge in [-0.15, -0.1) is 0 Å². The van der Waals surface area contributed by atoms with E-state index in [0.29, 0.717) is 17.5 Å². The molecule has 8 aromatic carbocycles. The summed E-state index contributed by atoms with van der Waals surface area (Å²) in [5.41, 5.74) is 6.54. The van der Waals surface area contributed by atoms with E-state index in [9.17, 15) is 0 Å². The minimum atomic E-state index is -2.71. The highest BCUT2D eigenvalue weighted by Crippen LogP contribution is 2.37. The van der Waals surface area contributed by atoms with Crippen molar-refractivity contribution >= 4 is 50.8 Å². The van der Waals surface area contributed by atoms with Crippen molar-refractivity contribution in [3.8, 4) is 45.3 Å². The Morgan fingerprint density at radius 2 is 0.750 bits per heavy atom. The van der Waals surface area contributed by atoms with Crippen LogP contribution < -0.4 is 20.7 Å². The normalized spacial score (nSPS) is 11.6. The van der Waals surface area contributed by atoms with Crippen LogP contribution in [0.3, 0.4) is 0 Å². The third kappa shape index (κ3) is 5.73. The molecule has 0 radical (unpaired) electrons. The average molecular weight is 734 g/mol. The molecule has 0 atom stereocenters. The van der Waals surface area contributed by atoms with Gasteiger partial charge in [0.2, 0.25) is 0 Å². The number of nitrogens with zero attached hydrogens (tertiary/aromatic N) is 3. The summed E-state index contributed by atoms with van der Waals surface area (Å²) in [6.07, 6.45) is 0. The van der Waals surface area contributed by atoms with Crippen LogP contribution in [0, 0.1) is 0 Å². The van der Waals surface area contributed by atoms with Crippen LogP contribution in [0.1, 0.15) is 0 Å². The Kier molecular flexibility index (Phi) is 8.47. The third-order valence-corrected chi connectivity index (χ3v) is 15.5. The van der Waals surface area contributed by atoms with Crippen LogP contribution in [-0.4, -0.2) is 23.0 Å². The molecule has 0 fully saturated rings. The summed E-state index contributed by atoms with van der Waals surface area (Å²) in [5.74, 6) is 1.81. The number of hydrogen-bond acceptors (Lipinski definition) is 4. The first-order valence-corrected chi connectivity index (χ1v) is 20.9. The van der Waals surface area contributed by atoms with Crippen LogP contribution >= 0.6 is 0 Å². The Balaban J connectivity index is 1.19. The lowest BCUT2D eigenvalue weighted by molar-refractivity contribution is 0.669. The van der Waals surface area contributed by atoms with Gasteiger partial charge in [-0.25, -0.2) is 15.0 Å². The Hall–Kier alpha value is -7.21. The topological polar surface area (TPSA) is 51.8 Å². The molecule has 2 aromatic heterocycles. The Labute approximate surface area is 326 Å². The van der Waals surface area contributed by atoms with Crippen molar-refractivity contribution in [2.75, 3.05) is 0 Å². The third-order valence-electron chi connectivity index (χ3n) is 10.7. The fourth-order valence-electron chi connectivity index (χ4n) is 8.19. The Morgan fingerprint density at radius 3 is 1.38 bits per heavy atom. The van der Waals surface area contributed by atoms with Gasteiger partial charge in [0, 0.05) is 27.5 Å². The number of para-hydroxylation sites is 1. The van der Waals surface area contributed by atoms with Gasteiger partial charge in [-0.1, -0.05) is 200 Å². The molecule has 0 bridgehead atoms. The van der Waals surface area contributed by atoms with Gasteiger partial charge < -0.3 is 4.42 Å². The van der Waals surface area contributed by atoms with Crippen molar-refractivity contribution in [1.82, 2.24) is 15.0 Å². The van der Waals surface area contributed by atoms with Crippen molar-refractivity contribution < 1.29 is 4.42 Å². The van der Waals surface area contributed by atoms with E-state index in [1.54, 1.807) is 0 Å². The molecule has 4 nitrogen and oxygen atoms in total. The van der Waals surface area contributed by atoms with Crippen molar-refractivity contribution in [3.63, 3.8) is 0 Å². The summed E-state index contributed by atoms with van der Waals surface area (Å²) >= 11 is 0. The lowest BCUT2D eigenvalue weighted by Crippen LogP contribution is -2.74. The van der Waals surface area contributed by atoms with Gasteiger partial charge in [-0.2, -0.15) is 0 Å². The molecule has 5 heteroatoms. The molecule has 0 N–H and O–H groups in total. The first-order valence-electron chi connectivity index (χ1n) is 18.9. The average Bonchev–Trinajstić information content (AvgIpc) is 3.67. The number of fused-ring (bicyclic) bond motifs is 3. The zero-order valence-corrected chi connectivity index (χ0v) is 31.5. The summed E-state index contributed by atoms with van der Waals surface area (Å²) in [6, 6.07) is 74.9. The molecule has 0 saturated heterocycles. The first-order chi connectivity index (χ1) is 27.8. The lowest BCUT2D eigenvalue weighted by Gasteiger charge is -2.34. The zero-order valence-electron chi connectivity index (χ0n) is 30.5. The monoisotopic (exact) mass is 733 g/mol. The summed E-state index contributed by atoms with van der Waals surface area (Å²) in [4.78, 5) is 15.7. The van der Waals surface area contributed by atoms with Crippen molar-refractivity contribution in [1.29, 1.82) is 0 Å². The van der Waals surface area contributed by atoms with Gasteiger partial charge >= 0.3 is 0 Å². The van der Waals surface area contributed by atoms with E-state index >= 15 is 0 Å². The van der Waals surface area contributed by atoms with Crippen molar-refractivity contribution in [2.45, 2.75) is 0 Å². The molecule has 10 rings (SSSR count). The van der Waals surface area contributed by atoms with Crippen molar-refractivity contribution in [3.05, 3.63) is 212 Å². The van der Waals surface area contributed by atoms with E-state index in [-0.39, 0.29) is 0 Å². The SMILES string of the molecule is c1ccc(-c2ccccc2-c2nc(-c3ccc([Si](c4ccccc4)(c4ccccc4)c4ccccc4)cc3)nc(-c3cccc4oc5ccccc5c34)n2)cc1. The second kappa shape index (κ2) is 14.2. The summed E-state index contributed by atoms with van der Waals surface area (Å²) in [6.45, 7) is 0. The van der Waals surface area contributed by atoms with Crippen LogP contribution in [-0.2, 0) is 0 Å². The quantitative estimate of drug-likeness (QED) is 0.115. The number of benzene rings is 8. The van der Waals surface area contributed by atoms with Gasteiger partial charge in [0.25, 0.3) is 0 Å². The fraction of sp³-hybridized carbons (Fsp3) is 0. The summed E-state index contributed by atoms with van der Waals surface area (Å²) in [7, 11) is -2.71. The van der Waals surface area contributed by atoms with Crippen LogP contribution in [0.2, 0.25) is 0 Å². The number of hydrogen-bond donors (Lipinski definition) is 0. The van der Waals surface area contributed by atoms with Crippen LogP contribution in [0.5, 0.6) is 0 Å². The highest BCUT2D eigenvalue weighted by molar-refractivity contribution is 7.19. The van der Waals surface area contributed by atoms with Gasteiger partial charge in [0.05, 0.1) is 0 Å². The summed E-state index contributed by atoms with van der Waals surface area (Å²) < 4.78 is 6.31. The molecule has 0 saturated carbocycles. The highest BCUT2D eigenvalue weighted by atomic mass is 28.3. The summed E-state index contributed by atoms with van der Waals surface area (Å²) in [5, 5.41) is 7.28. The molecule has 0 aliphatic carbocycles.